The number of benzene rings is 1. The van der Waals surface area contributed by atoms with Crippen LogP contribution in [0.15, 0.2) is 34.7 Å². The Morgan fingerprint density at radius 2 is 2.10 bits per heavy atom. The quantitative estimate of drug-likeness (QED) is 0.783. The first kappa shape index (κ1) is 15.1. The van der Waals surface area contributed by atoms with Crippen LogP contribution in [-0.2, 0) is 11.3 Å². The first-order valence-corrected chi connectivity index (χ1v) is 7.14. The molecule has 0 atom stereocenters. The molecule has 1 aromatic heterocycles. The molecule has 0 aliphatic carbocycles. The lowest BCUT2D eigenvalue weighted by Crippen LogP contribution is -2.15. The molecule has 2 aromatic rings. The summed E-state index contributed by atoms with van der Waals surface area (Å²) in [7, 11) is 1.71. The molecule has 0 unspecified atom stereocenters. The van der Waals surface area contributed by atoms with E-state index in [1.54, 1.807) is 7.11 Å². The highest BCUT2D eigenvalue weighted by molar-refractivity contribution is 6.31. The summed E-state index contributed by atoms with van der Waals surface area (Å²) in [6.07, 6.45) is 0.997. The number of furan rings is 1. The summed E-state index contributed by atoms with van der Waals surface area (Å²) < 4.78 is 10.9. The van der Waals surface area contributed by atoms with Crippen molar-refractivity contribution in [3.8, 4) is 11.3 Å². The molecule has 108 valence electrons. The smallest absolute Gasteiger partial charge is 0.134 e. The molecule has 0 aliphatic rings. The molecule has 1 heterocycles. The standard InChI is InChI=1S/C16H20ClNO2/c1-12-14(5-3-6-15(12)17)16-8-7-13(20-16)11-18-9-4-10-19-2/h3,5-8,18H,4,9-11H2,1-2H3. The van der Waals surface area contributed by atoms with Crippen LogP contribution in [-0.4, -0.2) is 20.3 Å². The van der Waals surface area contributed by atoms with Crippen molar-refractivity contribution >= 4 is 11.6 Å². The Morgan fingerprint density at radius 3 is 2.90 bits per heavy atom. The molecular formula is C16H20ClNO2. The fraction of sp³-hybridized carbons (Fsp3) is 0.375. The Hall–Kier alpha value is -1.29. The topological polar surface area (TPSA) is 34.4 Å². The molecule has 3 nitrogen and oxygen atoms in total. The van der Waals surface area contributed by atoms with E-state index in [1.165, 1.54) is 0 Å². The molecule has 0 fully saturated rings. The van der Waals surface area contributed by atoms with Crippen molar-refractivity contribution in [3.63, 3.8) is 0 Å². The first-order valence-electron chi connectivity index (χ1n) is 6.76. The van der Waals surface area contributed by atoms with E-state index >= 15 is 0 Å². The number of methoxy groups -OCH3 is 1. The van der Waals surface area contributed by atoms with Crippen LogP contribution >= 0.6 is 11.6 Å². The highest BCUT2D eigenvalue weighted by Crippen LogP contribution is 2.29. The van der Waals surface area contributed by atoms with Crippen LogP contribution in [0.2, 0.25) is 5.02 Å². The van der Waals surface area contributed by atoms with Crippen LogP contribution in [0, 0.1) is 6.92 Å². The van der Waals surface area contributed by atoms with Gasteiger partial charge in [-0.1, -0.05) is 23.7 Å². The molecule has 1 N–H and O–H groups in total. The third-order valence-electron chi connectivity index (χ3n) is 3.20. The van der Waals surface area contributed by atoms with Crippen LogP contribution in [0.1, 0.15) is 17.7 Å². The lowest BCUT2D eigenvalue weighted by molar-refractivity contribution is 0.194. The van der Waals surface area contributed by atoms with Gasteiger partial charge < -0.3 is 14.5 Å². The average molecular weight is 294 g/mol. The molecule has 0 radical (unpaired) electrons. The van der Waals surface area contributed by atoms with Gasteiger partial charge in [0.05, 0.1) is 6.54 Å². The fourth-order valence-electron chi connectivity index (χ4n) is 2.05. The summed E-state index contributed by atoms with van der Waals surface area (Å²) in [5, 5.41) is 4.09. The van der Waals surface area contributed by atoms with E-state index in [1.807, 2.05) is 37.3 Å². The van der Waals surface area contributed by atoms with Gasteiger partial charge in [0, 0.05) is 24.3 Å². The third kappa shape index (κ3) is 3.85. The molecule has 4 heteroatoms. The van der Waals surface area contributed by atoms with Gasteiger partial charge in [0.15, 0.2) is 0 Å². The maximum atomic E-state index is 6.14. The minimum absolute atomic E-state index is 0.726. The van der Waals surface area contributed by atoms with Gasteiger partial charge in [-0.15, -0.1) is 0 Å². The normalized spacial score (nSPS) is 10.9. The monoisotopic (exact) mass is 293 g/mol. The van der Waals surface area contributed by atoms with Gasteiger partial charge in [0.2, 0.25) is 0 Å². The van der Waals surface area contributed by atoms with Gasteiger partial charge >= 0.3 is 0 Å². The molecule has 20 heavy (non-hydrogen) atoms. The molecule has 1 aromatic carbocycles. The van der Waals surface area contributed by atoms with Crippen LogP contribution < -0.4 is 5.32 Å². The molecule has 0 bridgehead atoms. The van der Waals surface area contributed by atoms with Crippen molar-refractivity contribution in [2.45, 2.75) is 19.9 Å². The summed E-state index contributed by atoms with van der Waals surface area (Å²) in [5.74, 6) is 1.79. The molecule has 0 saturated carbocycles. The predicted molar refractivity (Wildman–Crippen MR) is 82.1 cm³/mol. The zero-order chi connectivity index (χ0) is 14.4. The van der Waals surface area contributed by atoms with Crippen LogP contribution in [0.3, 0.4) is 0 Å². The van der Waals surface area contributed by atoms with E-state index < -0.39 is 0 Å². The zero-order valence-corrected chi connectivity index (χ0v) is 12.7. The highest BCUT2D eigenvalue weighted by atomic mass is 35.5. The van der Waals surface area contributed by atoms with Gasteiger partial charge in [0.25, 0.3) is 0 Å². The van der Waals surface area contributed by atoms with Crippen molar-refractivity contribution in [2.24, 2.45) is 0 Å². The van der Waals surface area contributed by atoms with Crippen molar-refractivity contribution < 1.29 is 9.15 Å². The third-order valence-corrected chi connectivity index (χ3v) is 3.61. The molecule has 0 spiro atoms. The predicted octanol–water partition coefficient (Wildman–Crippen LogP) is 4.03. The van der Waals surface area contributed by atoms with Crippen LogP contribution in [0.4, 0.5) is 0 Å². The number of rotatable bonds is 7. The van der Waals surface area contributed by atoms with Gasteiger partial charge in [-0.05, 0) is 43.7 Å². The second-order valence-corrected chi connectivity index (χ2v) is 5.11. The first-order chi connectivity index (χ1) is 9.72. The minimum atomic E-state index is 0.726. The summed E-state index contributed by atoms with van der Waals surface area (Å²) in [6.45, 7) is 4.42. The number of hydrogen-bond acceptors (Lipinski definition) is 3. The summed E-state index contributed by atoms with van der Waals surface area (Å²) in [6, 6.07) is 9.84. The lowest BCUT2D eigenvalue weighted by Gasteiger charge is -2.05. The van der Waals surface area contributed by atoms with Crippen molar-refractivity contribution in [3.05, 3.63) is 46.7 Å². The Labute approximate surface area is 124 Å². The Kier molecular flexibility index (Phi) is 5.65. The second-order valence-electron chi connectivity index (χ2n) is 4.70. The molecule has 0 saturated heterocycles. The van der Waals surface area contributed by atoms with E-state index in [0.29, 0.717) is 0 Å². The van der Waals surface area contributed by atoms with E-state index in [4.69, 9.17) is 20.8 Å². The van der Waals surface area contributed by atoms with Gasteiger partial charge in [-0.2, -0.15) is 0 Å². The second kappa shape index (κ2) is 7.48. The van der Waals surface area contributed by atoms with Crippen molar-refractivity contribution in [1.29, 1.82) is 0 Å². The summed E-state index contributed by atoms with van der Waals surface area (Å²) >= 11 is 6.14. The van der Waals surface area contributed by atoms with Gasteiger partial charge in [0.1, 0.15) is 11.5 Å². The van der Waals surface area contributed by atoms with Crippen LogP contribution in [0.25, 0.3) is 11.3 Å². The molecular weight excluding hydrogens is 274 g/mol. The Balaban J connectivity index is 1.97. The zero-order valence-electron chi connectivity index (χ0n) is 11.9. The highest BCUT2D eigenvalue weighted by Gasteiger charge is 2.09. The molecule has 0 amide bonds. The summed E-state index contributed by atoms with van der Waals surface area (Å²) in [4.78, 5) is 0. The number of halogens is 1. The van der Waals surface area contributed by atoms with Crippen LogP contribution in [0.5, 0.6) is 0 Å². The number of nitrogens with one attached hydrogen (secondary N) is 1. The minimum Gasteiger partial charge on any atom is -0.460 e. The summed E-state index contributed by atoms with van der Waals surface area (Å²) in [5.41, 5.74) is 2.09. The Morgan fingerprint density at radius 1 is 1.25 bits per heavy atom. The van der Waals surface area contributed by atoms with E-state index in [9.17, 15) is 0 Å². The van der Waals surface area contributed by atoms with Gasteiger partial charge in [-0.25, -0.2) is 0 Å². The van der Waals surface area contributed by atoms with E-state index in [0.717, 1.165) is 53.8 Å². The molecule has 2 rings (SSSR count). The SMILES string of the molecule is COCCCNCc1ccc(-c2cccc(Cl)c2C)o1. The Bertz CT molecular complexity index is 551. The maximum Gasteiger partial charge on any atom is 0.134 e. The number of ether oxygens (including phenoxy) is 1. The van der Waals surface area contributed by atoms with Crippen molar-refractivity contribution in [1.82, 2.24) is 5.32 Å². The van der Waals surface area contributed by atoms with E-state index in [-0.39, 0.29) is 0 Å². The fourth-order valence-corrected chi connectivity index (χ4v) is 2.22. The largest absolute Gasteiger partial charge is 0.460 e. The lowest BCUT2D eigenvalue weighted by atomic mass is 10.1. The van der Waals surface area contributed by atoms with E-state index in [2.05, 4.69) is 5.32 Å². The van der Waals surface area contributed by atoms with Gasteiger partial charge in [-0.3, -0.25) is 0 Å². The average Bonchev–Trinajstić information content (AvgIpc) is 2.90. The maximum absolute atomic E-state index is 6.14. The number of hydrogen-bond donors (Lipinski definition) is 1. The van der Waals surface area contributed by atoms with Crippen molar-refractivity contribution in [2.75, 3.05) is 20.3 Å². The molecule has 0 aliphatic heterocycles.